The molecule has 1 aromatic carbocycles. The number of benzene rings is 1. The molecule has 0 bridgehead atoms. The van der Waals surface area contributed by atoms with Crippen LogP contribution >= 0.6 is 0 Å². The van der Waals surface area contributed by atoms with Gasteiger partial charge in [-0.15, -0.1) is 0 Å². The molecule has 2 fully saturated rings. The highest BCUT2D eigenvalue weighted by Crippen LogP contribution is 2.26. The van der Waals surface area contributed by atoms with Crippen molar-refractivity contribution in [2.24, 2.45) is 0 Å². The zero-order valence-electron chi connectivity index (χ0n) is 16.0. The van der Waals surface area contributed by atoms with Crippen molar-refractivity contribution < 1.29 is 15.0 Å². The van der Waals surface area contributed by atoms with E-state index in [1.807, 2.05) is 43.0 Å². The van der Waals surface area contributed by atoms with Crippen molar-refractivity contribution in [1.82, 2.24) is 9.80 Å². The predicted octanol–water partition coefficient (Wildman–Crippen LogP) is 1.74. The first-order valence-electron chi connectivity index (χ1n) is 9.83. The van der Waals surface area contributed by atoms with E-state index in [0.717, 1.165) is 49.9 Å². The van der Waals surface area contributed by atoms with Crippen LogP contribution in [0.1, 0.15) is 43.7 Å². The summed E-state index contributed by atoms with van der Waals surface area (Å²) >= 11 is 0. The Balaban J connectivity index is 1.47. The molecule has 26 heavy (non-hydrogen) atoms. The third-order valence-corrected chi connectivity index (χ3v) is 5.96. The number of amides is 1. The van der Waals surface area contributed by atoms with E-state index in [4.69, 9.17) is 0 Å². The molecule has 5 nitrogen and oxygen atoms in total. The minimum atomic E-state index is -0.960. The van der Waals surface area contributed by atoms with Gasteiger partial charge in [0.2, 0.25) is 0 Å². The normalized spacial score (nSPS) is 23.0. The molecule has 1 aromatic rings. The summed E-state index contributed by atoms with van der Waals surface area (Å²) in [5.74, 6) is -0.147. The summed E-state index contributed by atoms with van der Waals surface area (Å²) in [6.45, 7) is 7.22. The lowest BCUT2D eigenvalue weighted by Gasteiger charge is -2.43. The molecule has 2 heterocycles. The van der Waals surface area contributed by atoms with E-state index in [-0.39, 0.29) is 5.91 Å². The van der Waals surface area contributed by atoms with Gasteiger partial charge in [-0.3, -0.25) is 4.79 Å². The highest BCUT2D eigenvalue weighted by Gasteiger charge is 2.34. The molecular formula is C21H32N2O3. The SMILES string of the molecule is Cc1cccc(C[C@@H](O)C(=O)N2CCC(N3CCC(C)(O)CC3)CC2)c1. The molecular weight excluding hydrogens is 328 g/mol. The zero-order valence-corrected chi connectivity index (χ0v) is 16.0. The molecule has 2 aliphatic rings. The monoisotopic (exact) mass is 360 g/mol. The minimum absolute atomic E-state index is 0.147. The van der Waals surface area contributed by atoms with E-state index in [2.05, 4.69) is 4.90 Å². The van der Waals surface area contributed by atoms with E-state index < -0.39 is 11.7 Å². The molecule has 0 aliphatic carbocycles. The first-order valence-corrected chi connectivity index (χ1v) is 9.83. The minimum Gasteiger partial charge on any atom is -0.390 e. The standard InChI is InChI=1S/C21H32N2O3/c1-16-4-3-5-17(14-16)15-19(24)20(25)23-10-6-18(7-11-23)22-12-8-21(2,26)9-13-22/h3-5,14,18-19,24,26H,6-13,15H2,1-2H3/t19-/m1/s1. The Hall–Kier alpha value is -1.43. The molecule has 1 atom stereocenters. The average molecular weight is 360 g/mol. The molecule has 0 unspecified atom stereocenters. The van der Waals surface area contributed by atoms with Crippen LogP contribution in [-0.4, -0.2) is 69.8 Å². The summed E-state index contributed by atoms with van der Waals surface area (Å²) in [6, 6.07) is 8.45. The molecule has 2 N–H and O–H groups in total. The summed E-state index contributed by atoms with van der Waals surface area (Å²) in [5.41, 5.74) is 1.62. The topological polar surface area (TPSA) is 64.0 Å². The highest BCUT2D eigenvalue weighted by atomic mass is 16.3. The van der Waals surface area contributed by atoms with Crippen molar-refractivity contribution in [3.8, 4) is 0 Å². The van der Waals surface area contributed by atoms with Gasteiger partial charge in [-0.05, 0) is 45.1 Å². The molecule has 2 aliphatic heterocycles. The molecule has 1 amide bonds. The Morgan fingerprint density at radius 3 is 2.50 bits per heavy atom. The van der Waals surface area contributed by atoms with Crippen LogP contribution in [0.5, 0.6) is 0 Å². The number of rotatable bonds is 4. The van der Waals surface area contributed by atoms with Crippen LogP contribution in [0.2, 0.25) is 0 Å². The summed E-state index contributed by atoms with van der Waals surface area (Å²) in [6.07, 6.45) is 2.96. The molecule has 0 aromatic heterocycles. The van der Waals surface area contributed by atoms with Gasteiger partial charge in [-0.2, -0.15) is 0 Å². The quantitative estimate of drug-likeness (QED) is 0.858. The van der Waals surface area contributed by atoms with Crippen molar-refractivity contribution in [3.05, 3.63) is 35.4 Å². The number of aliphatic hydroxyl groups is 2. The van der Waals surface area contributed by atoms with E-state index in [0.29, 0.717) is 25.6 Å². The van der Waals surface area contributed by atoms with Crippen LogP contribution in [0, 0.1) is 6.92 Å². The molecule has 5 heteroatoms. The number of piperidine rings is 2. The largest absolute Gasteiger partial charge is 0.390 e. The van der Waals surface area contributed by atoms with Crippen LogP contribution < -0.4 is 0 Å². The number of hydrogen-bond donors (Lipinski definition) is 2. The van der Waals surface area contributed by atoms with Crippen LogP contribution in [0.4, 0.5) is 0 Å². The predicted molar refractivity (Wildman–Crippen MR) is 102 cm³/mol. The first-order chi connectivity index (χ1) is 12.3. The molecule has 2 saturated heterocycles. The number of carbonyl (C=O) groups is 1. The van der Waals surface area contributed by atoms with Gasteiger partial charge in [0.05, 0.1) is 5.60 Å². The maximum absolute atomic E-state index is 12.6. The fourth-order valence-corrected chi connectivity index (χ4v) is 4.18. The molecule has 0 spiro atoms. The van der Waals surface area contributed by atoms with Crippen molar-refractivity contribution in [2.75, 3.05) is 26.2 Å². The van der Waals surface area contributed by atoms with E-state index in [1.54, 1.807) is 0 Å². The lowest BCUT2D eigenvalue weighted by molar-refractivity contribution is -0.141. The Kier molecular flexibility index (Phi) is 6.00. The van der Waals surface area contributed by atoms with Crippen molar-refractivity contribution in [1.29, 1.82) is 0 Å². The second-order valence-electron chi connectivity index (χ2n) is 8.30. The molecule has 0 radical (unpaired) electrons. The van der Waals surface area contributed by atoms with Gasteiger partial charge < -0.3 is 20.0 Å². The van der Waals surface area contributed by atoms with E-state index in [9.17, 15) is 15.0 Å². The van der Waals surface area contributed by atoms with Crippen molar-refractivity contribution in [3.63, 3.8) is 0 Å². The number of aryl methyl sites for hydroxylation is 1. The Morgan fingerprint density at radius 1 is 1.23 bits per heavy atom. The van der Waals surface area contributed by atoms with Crippen LogP contribution in [0.3, 0.4) is 0 Å². The second kappa shape index (κ2) is 8.07. The second-order valence-corrected chi connectivity index (χ2v) is 8.30. The Labute approximate surface area is 156 Å². The number of aliphatic hydroxyl groups excluding tert-OH is 1. The van der Waals surface area contributed by atoms with E-state index in [1.165, 1.54) is 0 Å². The van der Waals surface area contributed by atoms with Crippen molar-refractivity contribution >= 4 is 5.91 Å². The lowest BCUT2D eigenvalue weighted by atomic mass is 9.91. The average Bonchev–Trinajstić information content (AvgIpc) is 2.61. The number of carbonyl (C=O) groups excluding carboxylic acids is 1. The van der Waals surface area contributed by atoms with Gasteiger partial charge in [0.15, 0.2) is 0 Å². The molecule has 144 valence electrons. The smallest absolute Gasteiger partial charge is 0.251 e. The Bertz CT molecular complexity index is 613. The van der Waals surface area contributed by atoms with Crippen LogP contribution in [-0.2, 0) is 11.2 Å². The first kappa shape index (κ1) is 19.3. The van der Waals surface area contributed by atoms with Gasteiger partial charge in [0.1, 0.15) is 6.10 Å². The van der Waals surface area contributed by atoms with Gasteiger partial charge >= 0.3 is 0 Å². The van der Waals surface area contributed by atoms with Gasteiger partial charge in [0.25, 0.3) is 5.91 Å². The summed E-state index contributed by atoms with van der Waals surface area (Å²) in [5, 5.41) is 20.5. The number of nitrogens with zero attached hydrogens (tertiary/aromatic N) is 2. The molecule has 3 rings (SSSR count). The maximum atomic E-state index is 12.6. The van der Waals surface area contributed by atoms with Gasteiger partial charge in [-0.25, -0.2) is 0 Å². The highest BCUT2D eigenvalue weighted by molar-refractivity contribution is 5.81. The summed E-state index contributed by atoms with van der Waals surface area (Å²) in [4.78, 5) is 16.9. The third kappa shape index (κ3) is 4.84. The fourth-order valence-electron chi connectivity index (χ4n) is 4.18. The van der Waals surface area contributed by atoms with Crippen LogP contribution in [0.15, 0.2) is 24.3 Å². The van der Waals surface area contributed by atoms with Crippen molar-refractivity contribution in [2.45, 2.75) is 63.7 Å². The van der Waals surface area contributed by atoms with Crippen LogP contribution in [0.25, 0.3) is 0 Å². The third-order valence-electron chi connectivity index (χ3n) is 5.96. The Morgan fingerprint density at radius 2 is 1.88 bits per heavy atom. The fraction of sp³-hybridized carbons (Fsp3) is 0.667. The number of hydrogen-bond acceptors (Lipinski definition) is 4. The lowest BCUT2D eigenvalue weighted by Crippen LogP contribution is -2.52. The summed E-state index contributed by atoms with van der Waals surface area (Å²) in [7, 11) is 0. The van der Waals surface area contributed by atoms with E-state index >= 15 is 0 Å². The van der Waals surface area contributed by atoms with Gasteiger partial charge in [0, 0.05) is 38.6 Å². The number of likely N-dealkylation sites (tertiary alicyclic amines) is 2. The van der Waals surface area contributed by atoms with Gasteiger partial charge in [-0.1, -0.05) is 29.8 Å². The maximum Gasteiger partial charge on any atom is 0.251 e. The zero-order chi connectivity index (χ0) is 18.7. The summed E-state index contributed by atoms with van der Waals surface area (Å²) < 4.78 is 0. The molecule has 0 saturated carbocycles.